The molecule has 0 aliphatic rings. The third-order valence-corrected chi connectivity index (χ3v) is 2.74. The Bertz CT molecular complexity index is 280. The third kappa shape index (κ3) is 1.73. The van der Waals surface area contributed by atoms with Crippen LogP contribution in [-0.4, -0.2) is 10.5 Å². The molecule has 0 bridgehead atoms. The molecule has 0 spiro atoms. The summed E-state index contributed by atoms with van der Waals surface area (Å²) in [4.78, 5) is 0.522. The minimum Gasteiger partial charge on any atom is -0.398 e. The summed E-state index contributed by atoms with van der Waals surface area (Å²) >= 11 is 5.75. The van der Waals surface area contributed by atoms with Crippen LogP contribution in [0.4, 0.5) is 5.69 Å². The molecular weight excluding hydrogens is 182 g/mol. The van der Waals surface area contributed by atoms with Gasteiger partial charge in [0.2, 0.25) is 0 Å². The zero-order chi connectivity index (χ0) is 8.43. The van der Waals surface area contributed by atoms with Crippen molar-refractivity contribution in [2.24, 2.45) is 0 Å². The fraction of sp³-hybridized carbons (Fsp3) is 0.143. The van der Waals surface area contributed by atoms with Crippen LogP contribution in [0.15, 0.2) is 23.1 Å². The second-order valence-corrected chi connectivity index (χ2v) is 3.84. The molecule has 0 unspecified atom stereocenters. The largest absolute Gasteiger partial charge is 0.398 e. The summed E-state index contributed by atoms with van der Waals surface area (Å²) in [6, 6.07) is 5.09. The Labute approximate surface area is 72.8 Å². The molecule has 0 heterocycles. The molecular formula is C7H8ClNOS. The third-order valence-electron chi connectivity index (χ3n) is 1.28. The van der Waals surface area contributed by atoms with Gasteiger partial charge >= 0.3 is 0 Å². The van der Waals surface area contributed by atoms with E-state index in [2.05, 4.69) is 0 Å². The van der Waals surface area contributed by atoms with Crippen molar-refractivity contribution in [3.05, 3.63) is 23.2 Å². The summed E-state index contributed by atoms with van der Waals surface area (Å²) in [7, 11) is -1.11. The fourth-order valence-electron chi connectivity index (χ4n) is 0.829. The first-order chi connectivity index (χ1) is 5.13. The molecule has 0 radical (unpaired) electrons. The smallest absolute Gasteiger partial charge is 0.0800 e. The van der Waals surface area contributed by atoms with E-state index >= 15 is 0 Å². The fourth-order valence-corrected chi connectivity index (χ4v) is 2.08. The Kier molecular flexibility index (Phi) is 2.52. The number of anilines is 1. The Morgan fingerprint density at radius 1 is 1.55 bits per heavy atom. The summed E-state index contributed by atoms with van der Waals surface area (Å²) in [5.41, 5.74) is 6.03. The van der Waals surface area contributed by atoms with Crippen LogP contribution in [0.1, 0.15) is 0 Å². The van der Waals surface area contributed by atoms with Gasteiger partial charge in [-0.1, -0.05) is 17.7 Å². The predicted molar refractivity (Wildman–Crippen MR) is 48.2 cm³/mol. The van der Waals surface area contributed by atoms with Crippen molar-refractivity contribution < 1.29 is 4.21 Å². The monoisotopic (exact) mass is 189 g/mol. The molecule has 0 saturated heterocycles. The summed E-state index contributed by atoms with van der Waals surface area (Å²) in [5.74, 6) is 0. The summed E-state index contributed by atoms with van der Waals surface area (Å²) in [6.45, 7) is 0. The van der Waals surface area contributed by atoms with Crippen molar-refractivity contribution in [2.45, 2.75) is 4.90 Å². The van der Waals surface area contributed by atoms with Gasteiger partial charge in [-0.3, -0.25) is 4.21 Å². The quantitative estimate of drug-likeness (QED) is 0.683. The van der Waals surface area contributed by atoms with E-state index in [0.717, 1.165) is 0 Å². The van der Waals surface area contributed by atoms with Crippen molar-refractivity contribution in [3.8, 4) is 0 Å². The highest BCUT2D eigenvalue weighted by molar-refractivity contribution is 7.84. The van der Waals surface area contributed by atoms with Crippen LogP contribution in [0, 0.1) is 0 Å². The maximum atomic E-state index is 11.0. The summed E-state index contributed by atoms with van der Waals surface area (Å²) in [6.07, 6.45) is 1.55. The van der Waals surface area contributed by atoms with E-state index in [1.807, 2.05) is 0 Å². The standard InChI is InChI=1S/C7H8ClNOS/c1-11(10)7-5(8)3-2-4-6(7)9/h2-4H,9H2,1H3/t11-/m1/s1. The minimum atomic E-state index is -1.11. The van der Waals surface area contributed by atoms with Gasteiger partial charge in [-0.05, 0) is 12.1 Å². The molecule has 1 atom stereocenters. The number of benzene rings is 1. The summed E-state index contributed by atoms with van der Waals surface area (Å²) < 4.78 is 11.0. The molecule has 4 heteroatoms. The van der Waals surface area contributed by atoms with Gasteiger partial charge < -0.3 is 5.73 Å². The maximum Gasteiger partial charge on any atom is 0.0800 e. The van der Waals surface area contributed by atoms with E-state index in [1.165, 1.54) is 0 Å². The Balaban J connectivity index is 3.32. The lowest BCUT2D eigenvalue weighted by molar-refractivity contribution is 0.687. The van der Waals surface area contributed by atoms with Crippen LogP contribution in [0.2, 0.25) is 5.02 Å². The van der Waals surface area contributed by atoms with Crippen molar-refractivity contribution in [2.75, 3.05) is 12.0 Å². The SMILES string of the molecule is C[S@@](=O)c1c(N)cccc1Cl. The normalized spacial score (nSPS) is 12.9. The van der Waals surface area contributed by atoms with Gasteiger partial charge in [-0.25, -0.2) is 0 Å². The lowest BCUT2D eigenvalue weighted by atomic mass is 10.3. The van der Waals surface area contributed by atoms with Crippen molar-refractivity contribution >= 4 is 28.1 Å². The number of nitrogen functional groups attached to an aromatic ring is 1. The maximum absolute atomic E-state index is 11.0. The van der Waals surface area contributed by atoms with E-state index in [0.29, 0.717) is 15.6 Å². The van der Waals surface area contributed by atoms with E-state index in [4.69, 9.17) is 17.3 Å². The first kappa shape index (κ1) is 8.56. The van der Waals surface area contributed by atoms with Crippen molar-refractivity contribution in [3.63, 3.8) is 0 Å². The zero-order valence-corrected chi connectivity index (χ0v) is 7.58. The topological polar surface area (TPSA) is 43.1 Å². The van der Waals surface area contributed by atoms with Crippen LogP contribution in [0.5, 0.6) is 0 Å². The van der Waals surface area contributed by atoms with Crippen LogP contribution < -0.4 is 5.73 Å². The molecule has 11 heavy (non-hydrogen) atoms. The molecule has 1 rings (SSSR count). The highest BCUT2D eigenvalue weighted by Gasteiger charge is 2.06. The summed E-state index contributed by atoms with van der Waals surface area (Å²) in [5, 5.41) is 0.464. The van der Waals surface area contributed by atoms with Crippen molar-refractivity contribution in [1.29, 1.82) is 0 Å². The molecule has 60 valence electrons. The van der Waals surface area contributed by atoms with Gasteiger partial charge in [0, 0.05) is 11.9 Å². The number of hydrogen-bond acceptors (Lipinski definition) is 2. The highest BCUT2D eigenvalue weighted by atomic mass is 35.5. The van der Waals surface area contributed by atoms with Crippen LogP contribution in [-0.2, 0) is 10.8 Å². The molecule has 0 amide bonds. The second-order valence-electron chi connectivity index (χ2n) is 2.11. The number of hydrogen-bond donors (Lipinski definition) is 1. The molecule has 0 aliphatic carbocycles. The van der Waals surface area contributed by atoms with Gasteiger partial charge in [0.25, 0.3) is 0 Å². The van der Waals surface area contributed by atoms with Gasteiger partial charge in [-0.2, -0.15) is 0 Å². The van der Waals surface area contributed by atoms with Gasteiger partial charge in [-0.15, -0.1) is 0 Å². The first-order valence-corrected chi connectivity index (χ1v) is 4.94. The molecule has 2 N–H and O–H groups in total. The predicted octanol–water partition coefficient (Wildman–Crippen LogP) is 1.66. The molecule has 1 aromatic carbocycles. The molecule has 0 saturated carbocycles. The Hall–Kier alpha value is -0.540. The number of halogens is 1. The molecule has 1 aromatic rings. The van der Waals surface area contributed by atoms with E-state index in [-0.39, 0.29) is 0 Å². The Morgan fingerprint density at radius 3 is 2.55 bits per heavy atom. The van der Waals surface area contributed by atoms with Crippen LogP contribution in [0.3, 0.4) is 0 Å². The van der Waals surface area contributed by atoms with Crippen molar-refractivity contribution in [1.82, 2.24) is 0 Å². The zero-order valence-electron chi connectivity index (χ0n) is 6.00. The van der Waals surface area contributed by atoms with E-state index in [1.54, 1.807) is 24.5 Å². The number of nitrogens with two attached hydrogens (primary N) is 1. The first-order valence-electron chi connectivity index (χ1n) is 3.00. The minimum absolute atomic E-state index is 0.464. The van der Waals surface area contributed by atoms with E-state index in [9.17, 15) is 4.21 Å². The van der Waals surface area contributed by atoms with Crippen LogP contribution in [0.25, 0.3) is 0 Å². The van der Waals surface area contributed by atoms with E-state index < -0.39 is 10.8 Å². The second kappa shape index (κ2) is 3.24. The average molecular weight is 190 g/mol. The lowest BCUT2D eigenvalue weighted by Crippen LogP contribution is -1.96. The average Bonchev–Trinajstić information content (AvgIpc) is 1.85. The molecule has 0 fully saturated rings. The number of rotatable bonds is 1. The van der Waals surface area contributed by atoms with Gasteiger partial charge in [0.1, 0.15) is 0 Å². The van der Waals surface area contributed by atoms with Crippen LogP contribution >= 0.6 is 11.6 Å². The Morgan fingerprint density at radius 2 is 2.18 bits per heavy atom. The lowest BCUT2D eigenvalue weighted by Gasteiger charge is -2.02. The van der Waals surface area contributed by atoms with Gasteiger partial charge in [0.05, 0.1) is 20.7 Å². The molecule has 2 nitrogen and oxygen atoms in total. The molecule has 0 aliphatic heterocycles. The molecule has 0 aromatic heterocycles. The highest BCUT2D eigenvalue weighted by Crippen LogP contribution is 2.24. The van der Waals surface area contributed by atoms with Gasteiger partial charge in [0.15, 0.2) is 0 Å².